The van der Waals surface area contributed by atoms with Crippen molar-refractivity contribution in [2.45, 2.75) is 31.8 Å². The number of nitrogens with one attached hydrogen (secondary N) is 1. The lowest BCUT2D eigenvalue weighted by Gasteiger charge is -2.39. The Morgan fingerprint density at radius 3 is 2.42 bits per heavy atom. The molecule has 0 aromatic heterocycles. The van der Waals surface area contributed by atoms with E-state index in [0.29, 0.717) is 29.4 Å². The van der Waals surface area contributed by atoms with Gasteiger partial charge < -0.3 is 29.6 Å². The first kappa shape index (κ1) is 29.9. The van der Waals surface area contributed by atoms with Crippen molar-refractivity contribution >= 4 is 17.6 Å². The van der Waals surface area contributed by atoms with Gasteiger partial charge in [-0.3, -0.25) is 15.1 Å². The molecule has 3 aromatic rings. The maximum Gasteiger partial charge on any atom is 0.257 e. The third kappa shape index (κ3) is 6.44. The molecule has 2 aliphatic rings. The Kier molecular flexibility index (Phi) is 9.16. The van der Waals surface area contributed by atoms with Crippen LogP contribution in [-0.2, 0) is 6.54 Å². The van der Waals surface area contributed by atoms with E-state index in [1.807, 2.05) is 37.3 Å². The number of likely N-dealkylation sites (tertiary alicyclic amines) is 1. The highest BCUT2D eigenvalue weighted by atomic mass is 16.5. The van der Waals surface area contributed by atoms with Crippen LogP contribution >= 0.6 is 0 Å². The number of hydrogen-bond donors (Lipinski definition) is 2. The molecular weight excluding hydrogens is 546 g/mol. The van der Waals surface area contributed by atoms with Crippen LogP contribution in [0.5, 0.6) is 23.0 Å². The monoisotopic (exact) mass is 585 g/mol. The first-order valence-corrected chi connectivity index (χ1v) is 14.4. The van der Waals surface area contributed by atoms with Crippen LogP contribution in [0.25, 0.3) is 0 Å². The highest BCUT2D eigenvalue weighted by molar-refractivity contribution is 6.15. The molecule has 2 heterocycles. The minimum absolute atomic E-state index is 0.0277. The molecule has 2 unspecified atom stereocenters. The molecule has 0 spiro atoms. The number of ether oxygens (including phenoxy) is 4. The van der Waals surface area contributed by atoms with Gasteiger partial charge in [0, 0.05) is 29.2 Å². The normalized spacial score (nSPS) is 18.2. The van der Waals surface area contributed by atoms with E-state index in [2.05, 4.69) is 28.3 Å². The van der Waals surface area contributed by atoms with Crippen LogP contribution in [0.1, 0.15) is 51.9 Å². The van der Waals surface area contributed by atoms with Crippen LogP contribution in [0.15, 0.2) is 64.6 Å². The fourth-order valence-electron chi connectivity index (χ4n) is 5.71. The fourth-order valence-corrected chi connectivity index (χ4v) is 5.71. The summed E-state index contributed by atoms with van der Waals surface area (Å²) in [5, 5.41) is 2.67. The predicted molar refractivity (Wildman–Crippen MR) is 167 cm³/mol. The van der Waals surface area contributed by atoms with E-state index in [1.54, 1.807) is 39.5 Å². The van der Waals surface area contributed by atoms with Crippen LogP contribution in [0.3, 0.4) is 0 Å². The van der Waals surface area contributed by atoms with Gasteiger partial charge in [0.1, 0.15) is 0 Å². The van der Waals surface area contributed by atoms with E-state index in [1.165, 1.54) is 5.56 Å². The van der Waals surface area contributed by atoms with Gasteiger partial charge in [0.15, 0.2) is 29.0 Å². The number of carbonyl (C=O) groups excluding carboxylic acids is 1. The van der Waals surface area contributed by atoms with Gasteiger partial charge >= 0.3 is 0 Å². The van der Waals surface area contributed by atoms with Crippen molar-refractivity contribution in [2.24, 2.45) is 15.7 Å². The second kappa shape index (κ2) is 13.2. The van der Waals surface area contributed by atoms with Crippen molar-refractivity contribution in [3.63, 3.8) is 0 Å². The Hall–Kier alpha value is -4.57. The number of nitrogens with zero attached hydrogens (tertiary/aromatic N) is 3. The standard InChI is InChI=1S/C33H39N5O5/c1-6-43-30-16-23-24(17-29(30)42-5)31(36-26-13-14-38(2)19-25(23)26)21-8-10-22(11-9-21)32(39)37-33(34)35-18-20-7-12-27(40-3)28(15-20)41-4/h7-12,15-17,25-26H,6,13-14,18-19H2,1-5H3,(H3,34,35,37,39). The average Bonchev–Trinajstić information content (AvgIpc) is 3.03. The molecule has 3 aromatic carbocycles. The molecule has 3 N–H and O–H groups in total. The van der Waals surface area contributed by atoms with Crippen molar-refractivity contribution < 1.29 is 23.7 Å². The molecule has 10 nitrogen and oxygen atoms in total. The van der Waals surface area contributed by atoms with Crippen molar-refractivity contribution in [1.82, 2.24) is 10.2 Å². The highest BCUT2D eigenvalue weighted by Crippen LogP contribution is 2.42. The van der Waals surface area contributed by atoms with E-state index in [0.717, 1.165) is 47.7 Å². The zero-order valence-corrected chi connectivity index (χ0v) is 25.3. The molecule has 1 saturated heterocycles. The van der Waals surface area contributed by atoms with Gasteiger partial charge in [0.25, 0.3) is 5.91 Å². The number of guanidine groups is 1. The molecule has 1 amide bonds. The van der Waals surface area contributed by atoms with Gasteiger partial charge in [-0.25, -0.2) is 4.99 Å². The van der Waals surface area contributed by atoms with Gasteiger partial charge in [-0.1, -0.05) is 18.2 Å². The number of rotatable bonds is 9. The second-order valence-corrected chi connectivity index (χ2v) is 10.6. The van der Waals surface area contributed by atoms with Crippen LogP contribution in [-0.4, -0.2) is 76.6 Å². The quantitative estimate of drug-likeness (QED) is 0.288. The molecular formula is C33H39N5O5. The lowest BCUT2D eigenvalue weighted by atomic mass is 9.79. The summed E-state index contributed by atoms with van der Waals surface area (Å²) in [5.41, 5.74) is 11.4. The number of carbonyl (C=O) groups is 1. The number of benzene rings is 3. The van der Waals surface area contributed by atoms with E-state index in [9.17, 15) is 4.79 Å². The van der Waals surface area contributed by atoms with Gasteiger partial charge in [-0.05, 0) is 74.5 Å². The van der Waals surface area contributed by atoms with Crippen molar-refractivity contribution in [3.8, 4) is 23.0 Å². The summed E-state index contributed by atoms with van der Waals surface area (Å²) in [7, 11) is 6.96. The smallest absolute Gasteiger partial charge is 0.257 e. The van der Waals surface area contributed by atoms with Crippen LogP contribution in [0, 0.1) is 0 Å². The Balaban J connectivity index is 1.35. The molecule has 0 radical (unpaired) electrons. The van der Waals surface area contributed by atoms with Crippen molar-refractivity contribution in [2.75, 3.05) is 48.1 Å². The minimum atomic E-state index is -0.343. The molecule has 2 aliphatic heterocycles. The molecule has 10 heteroatoms. The van der Waals surface area contributed by atoms with Gasteiger partial charge in [-0.2, -0.15) is 0 Å². The van der Waals surface area contributed by atoms with Crippen LogP contribution in [0.2, 0.25) is 0 Å². The van der Waals surface area contributed by atoms with Crippen molar-refractivity contribution in [3.05, 3.63) is 82.4 Å². The summed E-state index contributed by atoms with van der Waals surface area (Å²) < 4.78 is 22.2. The number of nitrogens with two attached hydrogens (primary N) is 1. The summed E-state index contributed by atoms with van der Waals surface area (Å²) in [6.45, 7) is 4.73. The number of fused-ring (bicyclic) bond motifs is 3. The second-order valence-electron chi connectivity index (χ2n) is 10.6. The van der Waals surface area contributed by atoms with Gasteiger partial charge in [0.05, 0.1) is 46.2 Å². The lowest BCUT2D eigenvalue weighted by Crippen LogP contribution is -2.41. The summed E-state index contributed by atoms with van der Waals surface area (Å²) in [4.78, 5) is 24.9. The molecule has 43 heavy (non-hydrogen) atoms. The molecule has 0 bridgehead atoms. The SMILES string of the molecule is CCOc1cc2c(cc1OC)C(c1ccc(C(=O)NC(N)=NCc3ccc(OC)c(OC)c3)cc1)=NC1CCN(C)CC21. The summed E-state index contributed by atoms with van der Waals surface area (Å²) in [6, 6.07) is 17.2. The Bertz CT molecular complexity index is 1540. The summed E-state index contributed by atoms with van der Waals surface area (Å²) in [6.07, 6.45) is 0.975. The lowest BCUT2D eigenvalue weighted by molar-refractivity contribution is 0.0976. The van der Waals surface area contributed by atoms with E-state index < -0.39 is 0 Å². The topological polar surface area (TPSA) is 120 Å². The first-order valence-electron chi connectivity index (χ1n) is 14.4. The Labute approximate surface area is 252 Å². The minimum Gasteiger partial charge on any atom is -0.493 e. The molecule has 0 aliphatic carbocycles. The summed E-state index contributed by atoms with van der Waals surface area (Å²) >= 11 is 0. The predicted octanol–water partition coefficient (Wildman–Crippen LogP) is 3.99. The summed E-state index contributed by atoms with van der Waals surface area (Å²) in [5.74, 6) is 2.60. The number of methoxy groups -OCH3 is 3. The van der Waals surface area contributed by atoms with Gasteiger partial charge in [-0.15, -0.1) is 0 Å². The third-order valence-corrected chi connectivity index (χ3v) is 7.91. The van der Waals surface area contributed by atoms with E-state index >= 15 is 0 Å². The average molecular weight is 586 g/mol. The fraction of sp³-hybridized carbons (Fsp3) is 0.364. The zero-order valence-electron chi connectivity index (χ0n) is 25.3. The van der Waals surface area contributed by atoms with E-state index in [4.69, 9.17) is 29.7 Å². The zero-order chi connectivity index (χ0) is 30.5. The van der Waals surface area contributed by atoms with E-state index in [-0.39, 0.29) is 30.4 Å². The number of piperidine rings is 1. The maximum absolute atomic E-state index is 13.0. The number of aliphatic imine (C=N–C) groups is 2. The molecule has 0 saturated carbocycles. The molecule has 226 valence electrons. The Morgan fingerprint density at radius 2 is 1.72 bits per heavy atom. The van der Waals surface area contributed by atoms with Gasteiger partial charge in [0.2, 0.25) is 0 Å². The van der Waals surface area contributed by atoms with Crippen LogP contribution in [0.4, 0.5) is 0 Å². The number of likely N-dealkylation sites (N-methyl/N-ethyl adjacent to an activating group) is 1. The molecule has 1 fully saturated rings. The van der Waals surface area contributed by atoms with Crippen molar-refractivity contribution in [1.29, 1.82) is 0 Å². The molecule has 2 atom stereocenters. The maximum atomic E-state index is 13.0. The van der Waals surface area contributed by atoms with Crippen LogP contribution < -0.4 is 30.0 Å². The molecule has 5 rings (SSSR count). The highest BCUT2D eigenvalue weighted by Gasteiger charge is 2.36. The first-order chi connectivity index (χ1) is 20.8. The Morgan fingerprint density at radius 1 is 1.00 bits per heavy atom. The third-order valence-electron chi connectivity index (χ3n) is 7.91. The number of hydrogen-bond acceptors (Lipinski definition) is 8. The number of amides is 1. The largest absolute Gasteiger partial charge is 0.493 e.